The van der Waals surface area contributed by atoms with Crippen LogP contribution in [0.1, 0.15) is 39.0 Å². The number of amides is 1. The smallest absolute Gasteiger partial charge is 0.219 e. The Morgan fingerprint density at radius 3 is 2.77 bits per heavy atom. The van der Waals surface area contributed by atoms with Gasteiger partial charge in [0.1, 0.15) is 0 Å². The third kappa shape index (κ3) is 4.55. The summed E-state index contributed by atoms with van der Waals surface area (Å²) in [7, 11) is -2.92. The Morgan fingerprint density at radius 1 is 1.32 bits per heavy atom. The van der Waals surface area contributed by atoms with E-state index in [-0.39, 0.29) is 29.5 Å². The number of sulfone groups is 1. The van der Waals surface area contributed by atoms with Crippen LogP contribution in [0, 0.1) is 0 Å². The zero-order valence-corrected chi connectivity index (χ0v) is 14.6. The molecule has 0 aromatic carbocycles. The SMILES string of the molecule is CCC(=O)NCCCCCCN1C(=S)N[C@@H]2CS(=O)(=O)C[C@@H]21. The fourth-order valence-electron chi connectivity index (χ4n) is 3.05. The Balaban J connectivity index is 1.63. The predicted molar refractivity (Wildman–Crippen MR) is 90.4 cm³/mol. The van der Waals surface area contributed by atoms with Gasteiger partial charge in [-0.3, -0.25) is 4.79 Å². The molecule has 2 fully saturated rings. The molecule has 2 aliphatic heterocycles. The van der Waals surface area contributed by atoms with Crippen LogP contribution in [0.5, 0.6) is 0 Å². The van der Waals surface area contributed by atoms with Crippen molar-refractivity contribution in [3.63, 3.8) is 0 Å². The van der Waals surface area contributed by atoms with Gasteiger partial charge in [0.25, 0.3) is 0 Å². The van der Waals surface area contributed by atoms with Crippen LogP contribution in [0.25, 0.3) is 0 Å². The van der Waals surface area contributed by atoms with Crippen molar-refractivity contribution >= 4 is 33.1 Å². The maximum absolute atomic E-state index is 11.7. The number of carbonyl (C=O) groups is 1. The summed E-state index contributed by atoms with van der Waals surface area (Å²) in [5.74, 6) is 0.515. The van der Waals surface area contributed by atoms with Gasteiger partial charge in [-0.15, -0.1) is 0 Å². The van der Waals surface area contributed by atoms with Crippen LogP contribution in [0.15, 0.2) is 0 Å². The van der Waals surface area contributed by atoms with Crippen molar-refractivity contribution in [3.8, 4) is 0 Å². The van der Waals surface area contributed by atoms with E-state index in [1.165, 1.54) is 0 Å². The summed E-state index contributed by atoms with van der Waals surface area (Å²) in [5.41, 5.74) is 0. The van der Waals surface area contributed by atoms with E-state index in [2.05, 4.69) is 10.6 Å². The molecular formula is C14H25N3O3S2. The van der Waals surface area contributed by atoms with Gasteiger partial charge in [-0.2, -0.15) is 0 Å². The normalized spacial score (nSPS) is 25.9. The van der Waals surface area contributed by atoms with Crippen molar-refractivity contribution in [1.82, 2.24) is 15.5 Å². The number of nitrogens with zero attached hydrogens (tertiary/aromatic N) is 1. The topological polar surface area (TPSA) is 78.5 Å². The van der Waals surface area contributed by atoms with E-state index in [1.807, 2.05) is 11.8 Å². The van der Waals surface area contributed by atoms with Gasteiger partial charge in [-0.25, -0.2) is 8.42 Å². The van der Waals surface area contributed by atoms with Crippen LogP contribution in [0.4, 0.5) is 0 Å². The average Bonchev–Trinajstić information content (AvgIpc) is 2.89. The van der Waals surface area contributed by atoms with Crippen molar-refractivity contribution in [2.24, 2.45) is 0 Å². The minimum Gasteiger partial charge on any atom is -0.357 e. The number of rotatable bonds is 8. The lowest BCUT2D eigenvalue weighted by Crippen LogP contribution is -2.37. The van der Waals surface area contributed by atoms with Gasteiger partial charge in [0.2, 0.25) is 5.91 Å². The zero-order chi connectivity index (χ0) is 16.2. The second-order valence-corrected chi connectivity index (χ2v) is 8.55. The molecule has 8 heteroatoms. The molecule has 6 nitrogen and oxygen atoms in total. The highest BCUT2D eigenvalue weighted by Gasteiger charge is 2.46. The van der Waals surface area contributed by atoms with E-state index >= 15 is 0 Å². The number of unbranched alkanes of at least 4 members (excludes halogenated alkanes) is 3. The molecule has 0 spiro atoms. The number of thiocarbonyl (C=S) groups is 1. The summed E-state index contributed by atoms with van der Waals surface area (Å²) in [6, 6.07) is -0.0110. The zero-order valence-electron chi connectivity index (χ0n) is 13.0. The molecule has 0 saturated carbocycles. The van der Waals surface area contributed by atoms with Gasteiger partial charge >= 0.3 is 0 Å². The van der Waals surface area contributed by atoms with Crippen molar-refractivity contribution < 1.29 is 13.2 Å². The molecule has 0 aliphatic carbocycles. The van der Waals surface area contributed by atoms with Gasteiger partial charge in [0.15, 0.2) is 14.9 Å². The van der Waals surface area contributed by atoms with Gasteiger partial charge in [-0.1, -0.05) is 19.8 Å². The second-order valence-electron chi connectivity index (χ2n) is 6.01. The molecule has 22 heavy (non-hydrogen) atoms. The van der Waals surface area contributed by atoms with Crippen LogP contribution in [0.2, 0.25) is 0 Å². The lowest BCUT2D eigenvalue weighted by Gasteiger charge is -2.23. The number of nitrogens with one attached hydrogen (secondary N) is 2. The molecule has 2 N–H and O–H groups in total. The Morgan fingerprint density at radius 2 is 2.05 bits per heavy atom. The first-order chi connectivity index (χ1) is 10.4. The van der Waals surface area contributed by atoms with Crippen molar-refractivity contribution in [3.05, 3.63) is 0 Å². The highest BCUT2D eigenvalue weighted by Crippen LogP contribution is 2.24. The van der Waals surface area contributed by atoms with E-state index in [0.29, 0.717) is 11.5 Å². The number of hydrogen-bond donors (Lipinski definition) is 2. The molecule has 126 valence electrons. The van der Waals surface area contributed by atoms with E-state index in [4.69, 9.17) is 12.2 Å². The molecule has 0 aromatic rings. The quantitative estimate of drug-likeness (QED) is 0.490. The fraction of sp³-hybridized carbons (Fsp3) is 0.857. The highest BCUT2D eigenvalue weighted by atomic mass is 32.2. The molecule has 0 aromatic heterocycles. The molecule has 1 amide bonds. The first-order valence-electron chi connectivity index (χ1n) is 7.97. The molecular weight excluding hydrogens is 322 g/mol. The number of fused-ring (bicyclic) bond motifs is 1. The molecule has 2 atom stereocenters. The predicted octanol–water partition coefficient (Wildman–Crippen LogP) is 0.429. The van der Waals surface area contributed by atoms with Gasteiger partial charge in [0, 0.05) is 19.5 Å². The fourth-order valence-corrected chi connectivity index (χ4v) is 5.35. The van der Waals surface area contributed by atoms with Crippen LogP contribution in [-0.2, 0) is 14.6 Å². The standard InChI is InChI=1S/C14H25N3O3S2/c1-2-13(18)15-7-5-3-4-6-8-17-12-10-22(19,20)9-11(12)16-14(17)21/h11-12H,2-10H2,1H3,(H,15,18)(H,16,21)/t11-,12+/m1/s1. The van der Waals surface area contributed by atoms with Gasteiger partial charge < -0.3 is 15.5 Å². The Kier molecular flexibility index (Phi) is 6.02. The van der Waals surface area contributed by atoms with Crippen LogP contribution >= 0.6 is 12.2 Å². The third-order valence-electron chi connectivity index (χ3n) is 4.26. The molecule has 0 unspecified atom stereocenters. The average molecular weight is 348 g/mol. The summed E-state index contributed by atoms with van der Waals surface area (Å²) in [4.78, 5) is 13.1. The number of hydrogen-bond acceptors (Lipinski definition) is 4. The second kappa shape index (κ2) is 7.59. The maximum Gasteiger partial charge on any atom is 0.219 e. The molecule has 2 aliphatic rings. The molecule has 2 saturated heterocycles. The Hall–Kier alpha value is -0.890. The summed E-state index contributed by atoms with van der Waals surface area (Å²) < 4.78 is 23.4. The summed E-state index contributed by atoms with van der Waals surface area (Å²) in [6.45, 7) is 3.39. The summed E-state index contributed by atoms with van der Waals surface area (Å²) in [5, 5.41) is 6.69. The molecule has 2 heterocycles. The molecule has 0 radical (unpaired) electrons. The van der Waals surface area contributed by atoms with E-state index < -0.39 is 9.84 Å². The van der Waals surface area contributed by atoms with E-state index in [1.54, 1.807) is 0 Å². The van der Waals surface area contributed by atoms with E-state index in [9.17, 15) is 13.2 Å². The van der Waals surface area contributed by atoms with Crippen molar-refractivity contribution in [1.29, 1.82) is 0 Å². The summed E-state index contributed by atoms with van der Waals surface area (Å²) >= 11 is 5.30. The lowest BCUT2D eigenvalue weighted by atomic mass is 10.1. The highest BCUT2D eigenvalue weighted by molar-refractivity contribution is 7.91. The Bertz CT molecular complexity index is 521. The minimum absolute atomic E-state index is 0.0151. The maximum atomic E-state index is 11.7. The minimum atomic E-state index is -2.92. The Labute approximate surface area is 137 Å². The lowest BCUT2D eigenvalue weighted by molar-refractivity contribution is -0.120. The first kappa shape index (κ1) is 17.5. The molecule has 0 bridgehead atoms. The molecule has 2 rings (SSSR count). The number of carbonyl (C=O) groups excluding carboxylic acids is 1. The summed E-state index contributed by atoms with van der Waals surface area (Å²) in [6.07, 6.45) is 4.63. The monoisotopic (exact) mass is 347 g/mol. The first-order valence-corrected chi connectivity index (χ1v) is 10.2. The van der Waals surface area contributed by atoms with Crippen LogP contribution < -0.4 is 10.6 Å². The largest absolute Gasteiger partial charge is 0.357 e. The van der Waals surface area contributed by atoms with Crippen LogP contribution in [0.3, 0.4) is 0 Å². The third-order valence-corrected chi connectivity index (χ3v) is 6.33. The van der Waals surface area contributed by atoms with Crippen LogP contribution in [-0.4, -0.2) is 61.0 Å². The van der Waals surface area contributed by atoms with E-state index in [0.717, 1.165) is 38.8 Å². The van der Waals surface area contributed by atoms with Gasteiger partial charge in [0.05, 0.1) is 23.6 Å². The van der Waals surface area contributed by atoms with Crippen molar-refractivity contribution in [2.45, 2.75) is 51.1 Å². The van der Waals surface area contributed by atoms with Gasteiger partial charge in [-0.05, 0) is 25.1 Å². The van der Waals surface area contributed by atoms with Crippen molar-refractivity contribution in [2.75, 3.05) is 24.6 Å².